The minimum Gasteiger partial charge on any atom is -0.387 e. The van der Waals surface area contributed by atoms with E-state index in [0.29, 0.717) is 12.1 Å². The van der Waals surface area contributed by atoms with Crippen LogP contribution in [0, 0.1) is 11.6 Å². The maximum atomic E-state index is 13.1. The summed E-state index contributed by atoms with van der Waals surface area (Å²) in [5.74, 6) is -1.85. The Morgan fingerprint density at radius 1 is 1.26 bits per heavy atom. The van der Waals surface area contributed by atoms with Gasteiger partial charge in [-0.1, -0.05) is 12.1 Å². The maximum absolute atomic E-state index is 13.1. The Kier molecular flexibility index (Phi) is 4.63. The molecule has 5 heteroatoms. The van der Waals surface area contributed by atoms with Gasteiger partial charge in [0.1, 0.15) is 0 Å². The minimum absolute atomic E-state index is 0.257. The summed E-state index contributed by atoms with van der Waals surface area (Å²) in [6, 6.07) is 7.15. The van der Waals surface area contributed by atoms with E-state index < -0.39 is 17.7 Å². The van der Waals surface area contributed by atoms with E-state index in [4.69, 9.17) is 0 Å². The zero-order chi connectivity index (χ0) is 13.8. The number of hydrogen-bond donors (Lipinski definition) is 2. The Morgan fingerprint density at radius 2 is 2.05 bits per heavy atom. The van der Waals surface area contributed by atoms with Crippen LogP contribution in [0.1, 0.15) is 23.5 Å². The zero-order valence-corrected chi connectivity index (χ0v) is 11.3. The molecular formula is C14H15F2NOS. The lowest BCUT2D eigenvalue weighted by Crippen LogP contribution is -2.31. The number of thiophene rings is 1. The van der Waals surface area contributed by atoms with E-state index in [1.54, 1.807) is 18.3 Å². The van der Waals surface area contributed by atoms with Crippen molar-refractivity contribution in [3.8, 4) is 0 Å². The fraction of sp³-hybridized carbons (Fsp3) is 0.286. The van der Waals surface area contributed by atoms with E-state index in [1.807, 2.05) is 17.5 Å². The van der Waals surface area contributed by atoms with E-state index in [0.717, 1.165) is 17.0 Å². The third-order valence-electron chi connectivity index (χ3n) is 2.94. The van der Waals surface area contributed by atoms with Crippen LogP contribution < -0.4 is 5.32 Å². The van der Waals surface area contributed by atoms with Gasteiger partial charge in [-0.15, -0.1) is 11.3 Å². The molecule has 1 aromatic carbocycles. The molecule has 0 aliphatic carbocycles. The number of nitrogens with one attached hydrogen (secondary N) is 1. The van der Waals surface area contributed by atoms with Gasteiger partial charge in [0.05, 0.1) is 6.10 Å². The molecule has 2 unspecified atom stereocenters. The molecule has 2 atom stereocenters. The monoisotopic (exact) mass is 283 g/mol. The quantitative estimate of drug-likeness (QED) is 0.883. The lowest BCUT2D eigenvalue weighted by molar-refractivity contribution is 0.135. The highest BCUT2D eigenvalue weighted by molar-refractivity contribution is 7.09. The number of rotatable bonds is 5. The van der Waals surface area contributed by atoms with Crippen molar-refractivity contribution in [3.05, 3.63) is 57.8 Å². The van der Waals surface area contributed by atoms with Gasteiger partial charge >= 0.3 is 0 Å². The van der Waals surface area contributed by atoms with E-state index in [1.165, 1.54) is 6.07 Å². The molecule has 1 aromatic heterocycles. The van der Waals surface area contributed by atoms with Gasteiger partial charge < -0.3 is 10.4 Å². The topological polar surface area (TPSA) is 32.3 Å². The van der Waals surface area contributed by atoms with Crippen molar-refractivity contribution >= 4 is 11.3 Å². The van der Waals surface area contributed by atoms with Crippen LogP contribution in [-0.2, 0) is 6.54 Å². The molecule has 0 fully saturated rings. The van der Waals surface area contributed by atoms with Crippen LogP contribution in [0.4, 0.5) is 8.78 Å². The lowest BCUT2D eigenvalue weighted by atomic mass is 10.0. The average molecular weight is 283 g/mol. The number of halogens is 2. The molecule has 102 valence electrons. The van der Waals surface area contributed by atoms with Crippen LogP contribution in [0.25, 0.3) is 0 Å². The number of hydrogen-bond acceptors (Lipinski definition) is 3. The molecule has 0 amide bonds. The summed E-state index contributed by atoms with van der Waals surface area (Å²) in [7, 11) is 0. The highest BCUT2D eigenvalue weighted by atomic mass is 32.1. The average Bonchev–Trinajstić information content (AvgIpc) is 2.91. The molecule has 2 nitrogen and oxygen atoms in total. The molecule has 0 aliphatic heterocycles. The summed E-state index contributed by atoms with van der Waals surface area (Å²) in [6.45, 7) is 2.44. The molecule has 0 saturated carbocycles. The molecule has 2 rings (SSSR count). The van der Waals surface area contributed by atoms with Gasteiger partial charge in [0.15, 0.2) is 11.6 Å². The van der Waals surface area contributed by atoms with Crippen molar-refractivity contribution in [3.63, 3.8) is 0 Å². The van der Waals surface area contributed by atoms with E-state index in [2.05, 4.69) is 5.32 Å². The highest BCUT2D eigenvalue weighted by Crippen LogP contribution is 2.20. The first-order valence-electron chi connectivity index (χ1n) is 5.96. The Balaban J connectivity index is 1.97. The minimum atomic E-state index is -0.943. The second kappa shape index (κ2) is 6.23. The van der Waals surface area contributed by atoms with Crippen LogP contribution in [-0.4, -0.2) is 11.1 Å². The van der Waals surface area contributed by atoms with Gasteiger partial charge in [0.2, 0.25) is 0 Å². The largest absolute Gasteiger partial charge is 0.387 e. The second-order valence-corrected chi connectivity index (χ2v) is 5.40. The van der Waals surface area contributed by atoms with Crippen LogP contribution in [0.3, 0.4) is 0 Å². The predicted octanol–water partition coefficient (Wildman–Crippen LogP) is 3.24. The Labute approximate surface area is 114 Å². The Bertz CT molecular complexity index is 530. The van der Waals surface area contributed by atoms with Crippen LogP contribution in [0.5, 0.6) is 0 Å². The number of aliphatic hydroxyl groups is 1. The van der Waals surface area contributed by atoms with E-state index in [-0.39, 0.29) is 6.04 Å². The van der Waals surface area contributed by atoms with Crippen LogP contribution in [0.2, 0.25) is 0 Å². The highest BCUT2D eigenvalue weighted by Gasteiger charge is 2.17. The fourth-order valence-electron chi connectivity index (χ4n) is 1.77. The molecular weight excluding hydrogens is 268 g/mol. The number of aliphatic hydroxyl groups excluding tert-OH is 1. The van der Waals surface area contributed by atoms with Gasteiger partial charge in [-0.3, -0.25) is 0 Å². The van der Waals surface area contributed by atoms with Gasteiger partial charge in [-0.25, -0.2) is 8.78 Å². The molecule has 1 heterocycles. The Hall–Kier alpha value is -1.30. The van der Waals surface area contributed by atoms with Crippen molar-refractivity contribution < 1.29 is 13.9 Å². The summed E-state index contributed by atoms with van der Waals surface area (Å²) >= 11 is 1.62. The molecule has 0 aliphatic rings. The SMILES string of the molecule is CC(NCc1cccs1)C(O)c1ccc(F)c(F)c1. The second-order valence-electron chi connectivity index (χ2n) is 4.37. The fourth-order valence-corrected chi connectivity index (χ4v) is 2.43. The first-order chi connectivity index (χ1) is 9.08. The van der Waals surface area contributed by atoms with Crippen molar-refractivity contribution in [1.82, 2.24) is 5.32 Å². The normalized spacial score (nSPS) is 14.3. The van der Waals surface area contributed by atoms with Crippen molar-refractivity contribution in [2.45, 2.75) is 25.6 Å². The first kappa shape index (κ1) is 14.1. The van der Waals surface area contributed by atoms with Gasteiger partial charge in [-0.2, -0.15) is 0 Å². The summed E-state index contributed by atoms with van der Waals surface area (Å²) in [5.41, 5.74) is 0.366. The summed E-state index contributed by atoms with van der Waals surface area (Å²) < 4.78 is 25.9. The van der Waals surface area contributed by atoms with Crippen molar-refractivity contribution in [1.29, 1.82) is 0 Å². The van der Waals surface area contributed by atoms with Crippen LogP contribution >= 0.6 is 11.3 Å². The molecule has 19 heavy (non-hydrogen) atoms. The smallest absolute Gasteiger partial charge is 0.159 e. The summed E-state index contributed by atoms with van der Waals surface area (Å²) in [5, 5.41) is 15.2. The molecule has 2 aromatic rings. The van der Waals surface area contributed by atoms with Crippen molar-refractivity contribution in [2.75, 3.05) is 0 Å². The standard InChI is InChI=1S/C14H15F2NOS/c1-9(17-8-11-3-2-6-19-11)14(18)10-4-5-12(15)13(16)7-10/h2-7,9,14,17-18H,8H2,1H3. The molecule has 0 spiro atoms. The summed E-state index contributed by atoms with van der Waals surface area (Å²) in [4.78, 5) is 1.16. The first-order valence-corrected chi connectivity index (χ1v) is 6.84. The molecule has 2 N–H and O–H groups in total. The van der Waals surface area contributed by atoms with Gasteiger partial charge in [0, 0.05) is 17.5 Å². The van der Waals surface area contributed by atoms with E-state index in [9.17, 15) is 13.9 Å². The molecule has 0 saturated heterocycles. The van der Waals surface area contributed by atoms with Gasteiger partial charge in [-0.05, 0) is 36.1 Å². The van der Waals surface area contributed by atoms with Crippen LogP contribution in [0.15, 0.2) is 35.7 Å². The molecule has 0 radical (unpaired) electrons. The molecule has 0 bridgehead atoms. The van der Waals surface area contributed by atoms with Crippen molar-refractivity contribution in [2.24, 2.45) is 0 Å². The third-order valence-corrected chi connectivity index (χ3v) is 3.81. The Morgan fingerprint density at radius 3 is 2.68 bits per heavy atom. The lowest BCUT2D eigenvalue weighted by Gasteiger charge is -2.20. The van der Waals surface area contributed by atoms with E-state index >= 15 is 0 Å². The predicted molar refractivity (Wildman–Crippen MR) is 71.9 cm³/mol. The zero-order valence-electron chi connectivity index (χ0n) is 10.4. The number of benzene rings is 1. The third kappa shape index (κ3) is 3.59. The summed E-state index contributed by atoms with van der Waals surface area (Å²) in [6.07, 6.45) is -0.880. The van der Waals surface area contributed by atoms with Gasteiger partial charge in [0.25, 0.3) is 0 Å². The maximum Gasteiger partial charge on any atom is 0.159 e.